The van der Waals surface area contributed by atoms with E-state index in [1.54, 1.807) is 12.1 Å². The molecule has 1 aromatic rings. The lowest BCUT2D eigenvalue weighted by Crippen LogP contribution is -2.51. The Morgan fingerprint density at radius 3 is 2.47 bits per heavy atom. The van der Waals surface area contributed by atoms with Crippen molar-refractivity contribution in [3.8, 4) is 0 Å². The maximum atomic E-state index is 13.7. The standard InChI is InChI=1S/C17H26FN/c1-12-9-13(11-14(18)10-12)17(19)8-6-5-7-15(17)16(2,3)4/h9-11,15H,5-8,19H2,1-4H3. The molecule has 0 heterocycles. The van der Waals surface area contributed by atoms with Gasteiger partial charge in [0.15, 0.2) is 0 Å². The lowest BCUT2D eigenvalue weighted by molar-refractivity contribution is 0.0775. The van der Waals surface area contributed by atoms with E-state index in [9.17, 15) is 4.39 Å². The topological polar surface area (TPSA) is 26.0 Å². The first-order valence-electron chi connectivity index (χ1n) is 7.30. The molecule has 0 aromatic heterocycles. The molecule has 0 amide bonds. The number of rotatable bonds is 1. The maximum absolute atomic E-state index is 13.7. The van der Waals surface area contributed by atoms with Gasteiger partial charge in [0.25, 0.3) is 0 Å². The highest BCUT2D eigenvalue weighted by atomic mass is 19.1. The van der Waals surface area contributed by atoms with Crippen LogP contribution in [-0.4, -0.2) is 0 Å². The summed E-state index contributed by atoms with van der Waals surface area (Å²) in [5.41, 5.74) is 8.48. The monoisotopic (exact) mass is 263 g/mol. The number of hydrogen-bond acceptors (Lipinski definition) is 1. The van der Waals surface area contributed by atoms with E-state index in [1.165, 1.54) is 6.42 Å². The van der Waals surface area contributed by atoms with E-state index in [-0.39, 0.29) is 16.8 Å². The third-order valence-corrected chi connectivity index (χ3v) is 4.58. The number of benzene rings is 1. The number of aryl methyl sites for hydroxylation is 1. The van der Waals surface area contributed by atoms with Gasteiger partial charge in [-0.3, -0.25) is 0 Å². The summed E-state index contributed by atoms with van der Waals surface area (Å²) in [4.78, 5) is 0. The van der Waals surface area contributed by atoms with Crippen LogP contribution in [0.4, 0.5) is 4.39 Å². The molecule has 1 aromatic carbocycles. The van der Waals surface area contributed by atoms with Gasteiger partial charge in [-0.1, -0.05) is 39.7 Å². The molecule has 2 rings (SSSR count). The van der Waals surface area contributed by atoms with Crippen molar-refractivity contribution in [1.82, 2.24) is 0 Å². The van der Waals surface area contributed by atoms with Gasteiger partial charge >= 0.3 is 0 Å². The van der Waals surface area contributed by atoms with Crippen LogP contribution >= 0.6 is 0 Å². The Morgan fingerprint density at radius 2 is 1.89 bits per heavy atom. The maximum Gasteiger partial charge on any atom is 0.123 e. The third-order valence-electron chi connectivity index (χ3n) is 4.58. The van der Waals surface area contributed by atoms with Crippen LogP contribution in [-0.2, 0) is 5.54 Å². The fourth-order valence-electron chi connectivity index (χ4n) is 3.75. The lowest BCUT2D eigenvalue weighted by Gasteiger charge is -2.48. The zero-order chi connectivity index (χ0) is 14.3. The molecule has 2 unspecified atom stereocenters. The van der Waals surface area contributed by atoms with Crippen LogP contribution in [0.5, 0.6) is 0 Å². The van der Waals surface area contributed by atoms with Crippen molar-refractivity contribution in [2.24, 2.45) is 17.1 Å². The van der Waals surface area contributed by atoms with Crippen molar-refractivity contribution in [1.29, 1.82) is 0 Å². The summed E-state index contributed by atoms with van der Waals surface area (Å²) < 4.78 is 13.7. The Kier molecular flexibility index (Phi) is 3.74. The van der Waals surface area contributed by atoms with Gasteiger partial charge in [0.2, 0.25) is 0 Å². The van der Waals surface area contributed by atoms with Gasteiger partial charge < -0.3 is 5.73 Å². The normalized spacial score (nSPS) is 28.4. The fourth-order valence-corrected chi connectivity index (χ4v) is 3.75. The Labute approximate surface area is 116 Å². The average Bonchev–Trinajstić information content (AvgIpc) is 2.26. The van der Waals surface area contributed by atoms with Crippen molar-refractivity contribution in [3.05, 3.63) is 35.1 Å². The highest BCUT2D eigenvalue weighted by Crippen LogP contribution is 2.48. The molecule has 1 fully saturated rings. The molecule has 0 spiro atoms. The van der Waals surface area contributed by atoms with Gasteiger partial charge in [0, 0.05) is 5.54 Å². The smallest absolute Gasteiger partial charge is 0.123 e. The number of halogens is 1. The molecule has 106 valence electrons. The predicted octanol–water partition coefficient (Wildman–Crippen LogP) is 4.52. The molecule has 19 heavy (non-hydrogen) atoms. The molecule has 0 radical (unpaired) electrons. The first kappa shape index (κ1) is 14.5. The van der Waals surface area contributed by atoms with Crippen LogP contribution in [0.15, 0.2) is 18.2 Å². The molecule has 0 aliphatic heterocycles. The molecule has 1 nitrogen and oxygen atoms in total. The van der Waals surface area contributed by atoms with Gasteiger partial charge in [0.05, 0.1) is 0 Å². The van der Waals surface area contributed by atoms with Crippen LogP contribution < -0.4 is 5.73 Å². The third kappa shape index (κ3) is 2.84. The van der Waals surface area contributed by atoms with E-state index >= 15 is 0 Å². The summed E-state index contributed by atoms with van der Waals surface area (Å²) >= 11 is 0. The van der Waals surface area contributed by atoms with Gasteiger partial charge in [-0.2, -0.15) is 0 Å². The second-order valence-electron chi connectivity index (χ2n) is 7.22. The quantitative estimate of drug-likeness (QED) is 0.791. The number of nitrogens with two attached hydrogens (primary N) is 1. The highest BCUT2D eigenvalue weighted by Gasteiger charge is 2.44. The van der Waals surface area contributed by atoms with Crippen LogP contribution in [0.25, 0.3) is 0 Å². The van der Waals surface area contributed by atoms with Crippen molar-refractivity contribution >= 4 is 0 Å². The number of hydrogen-bond donors (Lipinski definition) is 1. The largest absolute Gasteiger partial charge is 0.321 e. The predicted molar refractivity (Wildman–Crippen MR) is 78.4 cm³/mol. The van der Waals surface area contributed by atoms with E-state index in [2.05, 4.69) is 26.8 Å². The van der Waals surface area contributed by atoms with Crippen LogP contribution in [0.2, 0.25) is 0 Å². The molecular formula is C17H26FN. The lowest BCUT2D eigenvalue weighted by atomic mass is 9.60. The fraction of sp³-hybridized carbons (Fsp3) is 0.647. The first-order valence-corrected chi connectivity index (χ1v) is 7.30. The van der Waals surface area contributed by atoms with Crippen molar-refractivity contribution in [2.45, 2.75) is 58.9 Å². The average molecular weight is 263 g/mol. The Morgan fingerprint density at radius 1 is 1.21 bits per heavy atom. The molecule has 1 saturated carbocycles. The Balaban J connectivity index is 2.48. The minimum Gasteiger partial charge on any atom is -0.321 e. The van der Waals surface area contributed by atoms with Gasteiger partial charge in [-0.15, -0.1) is 0 Å². The van der Waals surface area contributed by atoms with Crippen LogP contribution in [0.3, 0.4) is 0 Å². The molecule has 2 atom stereocenters. The second-order valence-corrected chi connectivity index (χ2v) is 7.22. The van der Waals surface area contributed by atoms with Crippen LogP contribution in [0, 0.1) is 24.1 Å². The Bertz CT molecular complexity index is 441. The summed E-state index contributed by atoms with van der Waals surface area (Å²) in [7, 11) is 0. The van der Waals surface area contributed by atoms with Crippen molar-refractivity contribution < 1.29 is 4.39 Å². The van der Waals surface area contributed by atoms with Gasteiger partial charge in [0.1, 0.15) is 5.82 Å². The van der Waals surface area contributed by atoms with E-state index in [4.69, 9.17) is 5.73 Å². The first-order chi connectivity index (χ1) is 8.73. The zero-order valence-electron chi connectivity index (χ0n) is 12.6. The van der Waals surface area contributed by atoms with Gasteiger partial charge in [-0.05, 0) is 54.4 Å². The molecule has 1 aliphatic rings. The highest BCUT2D eigenvalue weighted by molar-refractivity contribution is 5.31. The minimum absolute atomic E-state index is 0.148. The molecule has 0 bridgehead atoms. The summed E-state index contributed by atoms with van der Waals surface area (Å²) in [5, 5.41) is 0. The molecule has 2 heteroatoms. The second kappa shape index (κ2) is 4.90. The van der Waals surface area contributed by atoms with E-state index in [1.807, 2.05) is 6.92 Å². The molecule has 2 N–H and O–H groups in total. The minimum atomic E-state index is -0.386. The summed E-state index contributed by atoms with van der Waals surface area (Å²) in [6, 6.07) is 5.27. The van der Waals surface area contributed by atoms with E-state index < -0.39 is 0 Å². The summed E-state index contributed by atoms with van der Waals surface area (Å²) in [6.45, 7) is 8.68. The molecular weight excluding hydrogens is 237 g/mol. The van der Waals surface area contributed by atoms with Crippen molar-refractivity contribution in [2.75, 3.05) is 0 Å². The van der Waals surface area contributed by atoms with E-state index in [0.717, 1.165) is 30.4 Å². The van der Waals surface area contributed by atoms with E-state index in [0.29, 0.717) is 5.92 Å². The summed E-state index contributed by atoms with van der Waals surface area (Å²) in [5.74, 6) is 0.230. The van der Waals surface area contributed by atoms with Gasteiger partial charge in [-0.25, -0.2) is 4.39 Å². The SMILES string of the molecule is Cc1cc(F)cc(C2(N)CCCCC2C(C)(C)C)c1. The van der Waals surface area contributed by atoms with Crippen LogP contribution in [0.1, 0.15) is 57.6 Å². The Hall–Kier alpha value is -0.890. The molecule has 1 aliphatic carbocycles. The summed E-state index contributed by atoms with van der Waals surface area (Å²) in [6.07, 6.45) is 4.46. The van der Waals surface area contributed by atoms with Crippen molar-refractivity contribution in [3.63, 3.8) is 0 Å². The zero-order valence-corrected chi connectivity index (χ0v) is 12.6. The molecule has 0 saturated heterocycles.